The van der Waals surface area contributed by atoms with Crippen molar-refractivity contribution >= 4 is 0 Å². The van der Waals surface area contributed by atoms with Gasteiger partial charge in [0.25, 0.3) is 0 Å². The zero-order valence-corrected chi connectivity index (χ0v) is 6.34. The van der Waals surface area contributed by atoms with Crippen LogP contribution in [0, 0.1) is 0 Å². The molecule has 0 aliphatic carbocycles. The standard InChI is InChI=1S/C5H8IN/c1-7-5-3-2-4-6-7/h2-5,7H,1H3. The minimum absolute atomic E-state index is 0.301. The van der Waals surface area contributed by atoms with Crippen LogP contribution in [0.5, 0.6) is 0 Å². The van der Waals surface area contributed by atoms with Crippen molar-refractivity contribution in [3.05, 3.63) is 22.4 Å². The molecule has 1 unspecified atom stereocenters. The van der Waals surface area contributed by atoms with Gasteiger partial charge in [-0.3, -0.25) is 0 Å². The average Bonchev–Trinajstić information content (AvgIpc) is 1.69. The zero-order valence-electron chi connectivity index (χ0n) is 4.19. The van der Waals surface area contributed by atoms with Gasteiger partial charge < -0.3 is 0 Å². The van der Waals surface area contributed by atoms with Gasteiger partial charge in [-0.05, 0) is 0 Å². The van der Waals surface area contributed by atoms with Crippen LogP contribution in [0.15, 0.2) is 22.4 Å². The summed E-state index contributed by atoms with van der Waals surface area (Å²) < 4.78 is 3.83. The summed E-state index contributed by atoms with van der Waals surface area (Å²) in [6.45, 7) is 0. The van der Waals surface area contributed by atoms with Gasteiger partial charge in [0.15, 0.2) is 0 Å². The molecule has 0 saturated heterocycles. The third kappa shape index (κ3) is 1.61. The molecule has 2 heteroatoms. The number of rotatable bonds is 0. The molecule has 1 N–H and O–H groups in total. The normalized spacial score (nSPS) is 29.6. The summed E-state index contributed by atoms with van der Waals surface area (Å²) in [5, 5.41) is 0. The monoisotopic (exact) mass is 209 g/mol. The Morgan fingerprint density at radius 2 is 2.29 bits per heavy atom. The molecule has 1 atom stereocenters. The van der Waals surface area contributed by atoms with E-state index >= 15 is 0 Å². The van der Waals surface area contributed by atoms with Crippen LogP contribution in [-0.2, 0) is 0 Å². The van der Waals surface area contributed by atoms with Gasteiger partial charge in [0.2, 0.25) is 0 Å². The van der Waals surface area contributed by atoms with Crippen molar-refractivity contribution in [1.82, 2.24) is 0 Å². The van der Waals surface area contributed by atoms with Crippen molar-refractivity contribution in [2.45, 2.75) is 0 Å². The van der Waals surface area contributed by atoms with Gasteiger partial charge in [-0.1, -0.05) is 0 Å². The summed E-state index contributed by atoms with van der Waals surface area (Å²) in [7, 11) is 2.19. The van der Waals surface area contributed by atoms with E-state index in [1.807, 2.05) is 0 Å². The van der Waals surface area contributed by atoms with Gasteiger partial charge in [0.1, 0.15) is 0 Å². The van der Waals surface area contributed by atoms with Crippen molar-refractivity contribution in [3.63, 3.8) is 0 Å². The molecule has 0 spiro atoms. The average molecular weight is 209 g/mol. The van der Waals surface area contributed by atoms with Crippen LogP contribution in [0.1, 0.15) is 0 Å². The van der Waals surface area contributed by atoms with E-state index in [1.54, 1.807) is 3.11 Å². The Balaban J connectivity index is 2.49. The fraction of sp³-hybridized carbons (Fsp3) is 0.200. The van der Waals surface area contributed by atoms with Gasteiger partial charge in [-0.15, -0.1) is 0 Å². The predicted molar refractivity (Wildman–Crippen MR) is 25.2 cm³/mol. The van der Waals surface area contributed by atoms with Crippen molar-refractivity contribution < 1.29 is 24.6 Å². The van der Waals surface area contributed by atoms with Crippen LogP contribution < -0.4 is 24.6 Å². The Morgan fingerprint density at radius 1 is 1.43 bits per heavy atom. The van der Waals surface area contributed by atoms with E-state index in [-0.39, 0.29) is 0 Å². The predicted octanol–water partition coefficient (Wildman–Crippen LogP) is -3.45. The molecule has 1 rings (SSSR count). The maximum atomic E-state index is 2.27. The molecule has 0 saturated carbocycles. The molecular formula is C5H8IN. The zero-order chi connectivity index (χ0) is 5.11. The SMILES string of the molecule is C[NH+]1C=CC=C[I-]1. The third-order valence-corrected chi connectivity index (χ3v) is 2.86. The first-order valence-electron chi connectivity index (χ1n) is 2.20. The van der Waals surface area contributed by atoms with Crippen LogP contribution >= 0.6 is 0 Å². The molecule has 0 aromatic rings. The summed E-state index contributed by atoms with van der Waals surface area (Å²) in [5.74, 6) is 0. The van der Waals surface area contributed by atoms with Crippen LogP contribution in [-0.4, -0.2) is 7.05 Å². The Hall–Kier alpha value is 0.170. The molecule has 0 amide bonds. The molecule has 1 nitrogen and oxygen atoms in total. The number of quaternary nitrogens is 1. The summed E-state index contributed by atoms with van der Waals surface area (Å²) >= 11 is 0.301. The van der Waals surface area contributed by atoms with Crippen molar-refractivity contribution in [1.29, 1.82) is 0 Å². The number of hydrogen-bond donors (Lipinski definition) is 1. The van der Waals surface area contributed by atoms with Gasteiger partial charge in [0.05, 0.1) is 0 Å². The Morgan fingerprint density at radius 3 is 2.57 bits per heavy atom. The van der Waals surface area contributed by atoms with Gasteiger partial charge in [0, 0.05) is 0 Å². The van der Waals surface area contributed by atoms with Crippen LogP contribution in [0.3, 0.4) is 0 Å². The van der Waals surface area contributed by atoms with Crippen LogP contribution in [0.25, 0.3) is 0 Å². The van der Waals surface area contributed by atoms with Crippen LogP contribution in [0.4, 0.5) is 0 Å². The maximum absolute atomic E-state index is 2.27. The summed E-state index contributed by atoms with van der Waals surface area (Å²) in [6.07, 6.45) is 6.41. The topological polar surface area (TPSA) is 4.44 Å². The summed E-state index contributed by atoms with van der Waals surface area (Å²) in [6, 6.07) is 0. The van der Waals surface area contributed by atoms with E-state index < -0.39 is 0 Å². The van der Waals surface area contributed by atoms with E-state index in [4.69, 9.17) is 0 Å². The second kappa shape index (κ2) is 2.47. The van der Waals surface area contributed by atoms with Gasteiger partial charge >= 0.3 is 54.1 Å². The van der Waals surface area contributed by atoms with Crippen LogP contribution in [0.2, 0.25) is 0 Å². The number of halogens is 1. The fourth-order valence-corrected chi connectivity index (χ4v) is 1.83. The molecule has 0 aromatic carbocycles. The first-order valence-corrected chi connectivity index (χ1v) is 4.52. The second-order valence-electron chi connectivity index (χ2n) is 1.37. The van der Waals surface area contributed by atoms with Crippen molar-refractivity contribution in [2.75, 3.05) is 7.05 Å². The first-order chi connectivity index (χ1) is 3.39. The van der Waals surface area contributed by atoms with E-state index in [0.29, 0.717) is 21.5 Å². The van der Waals surface area contributed by atoms with Crippen molar-refractivity contribution in [2.24, 2.45) is 0 Å². The van der Waals surface area contributed by atoms with E-state index in [2.05, 4.69) is 29.5 Å². The minimum atomic E-state index is 0.301. The number of nitrogens with one attached hydrogen (secondary N) is 1. The molecule has 0 fully saturated rings. The van der Waals surface area contributed by atoms with E-state index in [0.717, 1.165) is 0 Å². The Bertz CT molecular complexity index is 107. The number of hydrogen-bond acceptors (Lipinski definition) is 0. The Labute approximate surface area is 54.3 Å². The second-order valence-corrected chi connectivity index (χ2v) is 4.42. The molecular weight excluding hydrogens is 201 g/mol. The summed E-state index contributed by atoms with van der Waals surface area (Å²) in [4.78, 5) is 0. The summed E-state index contributed by atoms with van der Waals surface area (Å²) in [5.41, 5.74) is 0. The molecule has 1 aliphatic rings. The molecule has 40 valence electrons. The molecule has 1 aliphatic heterocycles. The van der Waals surface area contributed by atoms with Crippen molar-refractivity contribution in [3.8, 4) is 0 Å². The van der Waals surface area contributed by atoms with E-state index in [9.17, 15) is 0 Å². The molecule has 0 radical (unpaired) electrons. The fourth-order valence-electron chi connectivity index (χ4n) is 0.402. The molecule has 0 bridgehead atoms. The molecule has 1 heterocycles. The van der Waals surface area contributed by atoms with Gasteiger partial charge in [-0.25, -0.2) is 0 Å². The quantitative estimate of drug-likeness (QED) is 0.312. The molecule has 7 heavy (non-hydrogen) atoms. The third-order valence-electron chi connectivity index (χ3n) is 0.745. The first kappa shape index (κ1) is 5.31. The number of allylic oxidation sites excluding steroid dienone is 2. The Kier molecular flexibility index (Phi) is 1.87. The van der Waals surface area contributed by atoms with Gasteiger partial charge in [-0.2, -0.15) is 0 Å². The van der Waals surface area contributed by atoms with E-state index in [1.165, 1.54) is 0 Å². The molecule has 0 aromatic heterocycles.